The molecule has 0 spiro atoms. The molecule has 1 nitrogen and oxygen atoms in total. The number of hydrogen-bond donors (Lipinski definition) is 1. The van der Waals surface area contributed by atoms with E-state index in [1.54, 1.807) is 0 Å². The van der Waals surface area contributed by atoms with E-state index >= 15 is 0 Å². The van der Waals surface area contributed by atoms with Gasteiger partial charge < -0.3 is 5.32 Å². The lowest BCUT2D eigenvalue weighted by atomic mass is 9.86. The average molecular weight is 237 g/mol. The second-order valence-electron chi connectivity index (χ2n) is 6.34. The van der Waals surface area contributed by atoms with E-state index in [1.165, 1.54) is 90.1 Å². The van der Waals surface area contributed by atoms with Crippen LogP contribution in [-0.2, 0) is 0 Å². The Kier molecular flexibility index (Phi) is 6.41. The second-order valence-corrected chi connectivity index (χ2v) is 6.34. The van der Waals surface area contributed by atoms with Crippen molar-refractivity contribution in [3.63, 3.8) is 0 Å². The summed E-state index contributed by atoms with van der Waals surface area (Å²) in [6.45, 7) is 2.55. The highest BCUT2D eigenvalue weighted by Crippen LogP contribution is 2.26. The monoisotopic (exact) mass is 237 g/mol. The number of hydrogen-bond acceptors (Lipinski definition) is 1. The Morgan fingerprint density at radius 3 is 1.29 bits per heavy atom. The summed E-state index contributed by atoms with van der Waals surface area (Å²) in [4.78, 5) is 0. The molecule has 1 aliphatic carbocycles. The van der Waals surface area contributed by atoms with Crippen LogP contribution in [0.1, 0.15) is 77.0 Å². The van der Waals surface area contributed by atoms with Gasteiger partial charge in [0.05, 0.1) is 0 Å². The summed E-state index contributed by atoms with van der Waals surface area (Å²) in [5.41, 5.74) is 0. The molecule has 3 aliphatic rings. The zero-order valence-corrected chi connectivity index (χ0v) is 11.6. The van der Waals surface area contributed by atoms with Gasteiger partial charge in [-0.1, -0.05) is 64.2 Å². The van der Waals surface area contributed by atoms with Crippen molar-refractivity contribution < 1.29 is 0 Å². The zero-order valence-electron chi connectivity index (χ0n) is 11.6. The lowest BCUT2D eigenvalue weighted by Crippen LogP contribution is -2.22. The fraction of sp³-hybridized carbons (Fsp3) is 1.00. The number of rotatable bonds is 0. The van der Waals surface area contributed by atoms with Gasteiger partial charge in [-0.05, 0) is 37.8 Å². The molecule has 1 N–H and O–H groups in total. The van der Waals surface area contributed by atoms with Crippen molar-refractivity contribution in [2.24, 2.45) is 11.8 Å². The Hall–Kier alpha value is -0.0400. The summed E-state index contributed by atoms with van der Waals surface area (Å²) < 4.78 is 0. The maximum atomic E-state index is 3.68. The van der Waals surface area contributed by atoms with Crippen LogP contribution in [0.5, 0.6) is 0 Å². The molecule has 2 saturated heterocycles. The molecule has 3 rings (SSSR count). The Balaban J connectivity index is 1.90. The van der Waals surface area contributed by atoms with Crippen molar-refractivity contribution in [3.8, 4) is 0 Å². The van der Waals surface area contributed by atoms with Crippen molar-refractivity contribution in [1.82, 2.24) is 5.32 Å². The van der Waals surface area contributed by atoms with E-state index in [2.05, 4.69) is 5.32 Å². The third-order valence-corrected chi connectivity index (χ3v) is 4.91. The minimum Gasteiger partial charge on any atom is -0.317 e. The van der Waals surface area contributed by atoms with E-state index in [4.69, 9.17) is 0 Å². The smallest absolute Gasteiger partial charge is 0.00463 e. The van der Waals surface area contributed by atoms with Gasteiger partial charge in [-0.25, -0.2) is 0 Å². The highest BCUT2D eigenvalue weighted by atomic mass is 14.8. The SMILES string of the molecule is C1CCC2CCCCCC(CC1)CCNCC2. The van der Waals surface area contributed by atoms with Crippen molar-refractivity contribution in [2.75, 3.05) is 13.1 Å². The second kappa shape index (κ2) is 8.13. The van der Waals surface area contributed by atoms with Crippen molar-refractivity contribution in [1.29, 1.82) is 0 Å². The first kappa shape index (κ1) is 13.4. The minimum atomic E-state index is 1.03. The molecule has 1 saturated carbocycles. The molecule has 0 radical (unpaired) electrons. The molecular weight excluding hydrogens is 206 g/mol. The largest absolute Gasteiger partial charge is 0.317 e. The summed E-state index contributed by atoms with van der Waals surface area (Å²) in [7, 11) is 0. The zero-order chi connectivity index (χ0) is 11.8. The quantitative estimate of drug-likeness (QED) is 0.653. The van der Waals surface area contributed by atoms with Gasteiger partial charge in [0.2, 0.25) is 0 Å². The Morgan fingerprint density at radius 1 is 0.471 bits per heavy atom. The van der Waals surface area contributed by atoms with E-state index in [1.807, 2.05) is 0 Å². The molecular formula is C16H31N. The number of fused-ring (bicyclic) bond motifs is 12. The van der Waals surface area contributed by atoms with Crippen LogP contribution >= 0.6 is 0 Å². The average Bonchev–Trinajstić information content (AvgIpc) is 2.29. The predicted molar refractivity (Wildman–Crippen MR) is 75.3 cm³/mol. The fourth-order valence-corrected chi connectivity index (χ4v) is 3.69. The topological polar surface area (TPSA) is 12.0 Å². The molecule has 0 aromatic carbocycles. The third kappa shape index (κ3) is 5.42. The van der Waals surface area contributed by atoms with Gasteiger partial charge in [-0.3, -0.25) is 0 Å². The van der Waals surface area contributed by atoms with E-state index < -0.39 is 0 Å². The van der Waals surface area contributed by atoms with Gasteiger partial charge in [-0.15, -0.1) is 0 Å². The predicted octanol–water partition coefficient (Wildman–Crippen LogP) is 4.52. The summed E-state index contributed by atoms with van der Waals surface area (Å²) in [6, 6.07) is 0. The van der Waals surface area contributed by atoms with Crippen LogP contribution in [0.2, 0.25) is 0 Å². The molecule has 0 unspecified atom stereocenters. The Morgan fingerprint density at radius 2 is 0.882 bits per heavy atom. The third-order valence-electron chi connectivity index (χ3n) is 4.91. The first-order valence-corrected chi connectivity index (χ1v) is 8.16. The molecule has 2 aliphatic heterocycles. The summed E-state index contributed by atoms with van der Waals surface area (Å²) in [6.07, 6.45) is 17.9. The van der Waals surface area contributed by atoms with Crippen LogP contribution in [0, 0.1) is 11.8 Å². The number of nitrogens with one attached hydrogen (secondary N) is 1. The Bertz CT molecular complexity index is 139. The summed E-state index contributed by atoms with van der Waals surface area (Å²) in [5.74, 6) is 2.05. The molecule has 1 heteroatoms. The standard InChI is InChI=1S/C16H31N/c1-3-7-15-9-5-2-6-10-16(8-4-1)12-14-17-13-11-15/h15-17H,1-14H2. The first-order valence-electron chi connectivity index (χ1n) is 8.16. The molecule has 0 amide bonds. The molecule has 0 aromatic rings. The van der Waals surface area contributed by atoms with Crippen LogP contribution in [0.4, 0.5) is 0 Å². The van der Waals surface area contributed by atoms with Gasteiger partial charge in [0, 0.05) is 0 Å². The minimum absolute atomic E-state index is 1.03. The maximum Gasteiger partial charge on any atom is -0.00463 e. The highest BCUT2D eigenvalue weighted by molar-refractivity contribution is 4.69. The van der Waals surface area contributed by atoms with E-state index in [-0.39, 0.29) is 0 Å². The van der Waals surface area contributed by atoms with Crippen molar-refractivity contribution in [3.05, 3.63) is 0 Å². The van der Waals surface area contributed by atoms with Crippen molar-refractivity contribution in [2.45, 2.75) is 77.0 Å². The van der Waals surface area contributed by atoms with Crippen LogP contribution in [-0.4, -0.2) is 13.1 Å². The summed E-state index contributed by atoms with van der Waals surface area (Å²) in [5, 5.41) is 3.68. The van der Waals surface area contributed by atoms with Crippen molar-refractivity contribution >= 4 is 0 Å². The van der Waals surface area contributed by atoms with Gasteiger partial charge in [-0.2, -0.15) is 0 Å². The van der Waals surface area contributed by atoms with Gasteiger partial charge in [0.1, 0.15) is 0 Å². The maximum absolute atomic E-state index is 3.68. The van der Waals surface area contributed by atoms with Crippen LogP contribution < -0.4 is 5.32 Å². The first-order chi connectivity index (χ1) is 8.45. The Labute approximate surface area is 108 Å². The summed E-state index contributed by atoms with van der Waals surface area (Å²) >= 11 is 0. The van der Waals surface area contributed by atoms with Crippen LogP contribution in [0.15, 0.2) is 0 Å². The lowest BCUT2D eigenvalue weighted by molar-refractivity contribution is 0.317. The molecule has 3 fully saturated rings. The van der Waals surface area contributed by atoms with Gasteiger partial charge in [0.15, 0.2) is 0 Å². The molecule has 100 valence electrons. The molecule has 17 heavy (non-hydrogen) atoms. The highest BCUT2D eigenvalue weighted by Gasteiger charge is 2.14. The fourth-order valence-electron chi connectivity index (χ4n) is 3.69. The molecule has 0 aromatic heterocycles. The van der Waals surface area contributed by atoms with Crippen LogP contribution in [0.25, 0.3) is 0 Å². The molecule has 2 bridgehead atoms. The van der Waals surface area contributed by atoms with Crippen LogP contribution in [0.3, 0.4) is 0 Å². The van der Waals surface area contributed by atoms with E-state index in [0.29, 0.717) is 0 Å². The van der Waals surface area contributed by atoms with Gasteiger partial charge in [0.25, 0.3) is 0 Å². The molecule has 2 heterocycles. The lowest BCUT2D eigenvalue weighted by Gasteiger charge is -2.23. The normalized spacial score (nSPS) is 33.9. The van der Waals surface area contributed by atoms with Gasteiger partial charge >= 0.3 is 0 Å². The molecule has 0 atom stereocenters. The van der Waals surface area contributed by atoms with E-state index in [0.717, 1.165) is 11.8 Å². The van der Waals surface area contributed by atoms with E-state index in [9.17, 15) is 0 Å².